The molecule has 1 aromatic rings. The SMILES string of the molecule is CC1C(=O)N(c2ccc(Cl)cc2)CC1C#N. The first-order chi connectivity index (χ1) is 7.63. The van der Waals surface area contributed by atoms with E-state index in [2.05, 4.69) is 6.07 Å². The van der Waals surface area contributed by atoms with Crippen LogP contribution in [0.1, 0.15) is 6.92 Å². The average Bonchev–Trinajstić information content (AvgIpc) is 2.57. The van der Waals surface area contributed by atoms with Crippen LogP contribution in [0.25, 0.3) is 0 Å². The van der Waals surface area contributed by atoms with E-state index in [4.69, 9.17) is 16.9 Å². The van der Waals surface area contributed by atoms with E-state index in [1.165, 1.54) is 0 Å². The van der Waals surface area contributed by atoms with Crippen LogP contribution in [-0.2, 0) is 4.79 Å². The van der Waals surface area contributed by atoms with Crippen molar-refractivity contribution < 1.29 is 4.79 Å². The molecule has 0 aromatic heterocycles. The summed E-state index contributed by atoms with van der Waals surface area (Å²) in [5.41, 5.74) is 0.805. The normalized spacial score (nSPS) is 24.6. The monoisotopic (exact) mass is 234 g/mol. The summed E-state index contributed by atoms with van der Waals surface area (Å²) in [6.45, 7) is 2.27. The molecule has 1 aromatic carbocycles. The molecule has 2 rings (SSSR count). The molecule has 0 radical (unpaired) electrons. The maximum atomic E-state index is 11.9. The van der Waals surface area contributed by atoms with Gasteiger partial charge in [0.15, 0.2) is 0 Å². The van der Waals surface area contributed by atoms with Crippen LogP contribution in [0, 0.1) is 23.2 Å². The second-order valence-electron chi connectivity index (χ2n) is 3.95. The first kappa shape index (κ1) is 11.0. The van der Waals surface area contributed by atoms with Gasteiger partial charge in [-0.2, -0.15) is 5.26 Å². The minimum atomic E-state index is -0.222. The number of hydrogen-bond donors (Lipinski definition) is 0. The molecule has 1 heterocycles. The molecule has 0 bridgehead atoms. The average molecular weight is 235 g/mol. The van der Waals surface area contributed by atoms with Crippen LogP contribution in [-0.4, -0.2) is 12.5 Å². The highest BCUT2D eigenvalue weighted by Gasteiger charge is 2.37. The van der Waals surface area contributed by atoms with Crippen LogP contribution in [0.5, 0.6) is 0 Å². The largest absolute Gasteiger partial charge is 0.311 e. The Labute approximate surface area is 99.2 Å². The molecule has 1 fully saturated rings. The van der Waals surface area contributed by atoms with Gasteiger partial charge in [-0.3, -0.25) is 4.79 Å². The van der Waals surface area contributed by atoms with Crippen molar-refractivity contribution in [2.45, 2.75) is 6.92 Å². The summed E-state index contributed by atoms with van der Waals surface area (Å²) in [4.78, 5) is 13.5. The Hall–Kier alpha value is -1.53. The van der Waals surface area contributed by atoms with Gasteiger partial charge in [0.25, 0.3) is 0 Å². The smallest absolute Gasteiger partial charge is 0.231 e. The third kappa shape index (κ3) is 1.77. The molecule has 1 aliphatic heterocycles. The highest BCUT2D eigenvalue weighted by Crippen LogP contribution is 2.29. The first-order valence-electron chi connectivity index (χ1n) is 5.10. The van der Waals surface area contributed by atoms with Crippen LogP contribution in [0.15, 0.2) is 24.3 Å². The molecule has 0 N–H and O–H groups in total. The van der Waals surface area contributed by atoms with Gasteiger partial charge in [0.2, 0.25) is 5.91 Å². The molecule has 1 saturated heterocycles. The van der Waals surface area contributed by atoms with E-state index in [9.17, 15) is 4.79 Å². The summed E-state index contributed by atoms with van der Waals surface area (Å²) < 4.78 is 0. The zero-order valence-electron chi connectivity index (χ0n) is 8.85. The van der Waals surface area contributed by atoms with E-state index in [0.29, 0.717) is 11.6 Å². The van der Waals surface area contributed by atoms with Gasteiger partial charge < -0.3 is 4.90 Å². The fraction of sp³-hybridized carbons (Fsp3) is 0.333. The third-order valence-corrected chi connectivity index (χ3v) is 3.19. The number of anilines is 1. The number of rotatable bonds is 1. The summed E-state index contributed by atoms with van der Waals surface area (Å²) >= 11 is 5.78. The summed E-state index contributed by atoms with van der Waals surface area (Å²) in [6.07, 6.45) is 0. The Morgan fingerprint density at radius 2 is 2.06 bits per heavy atom. The van der Waals surface area contributed by atoms with Gasteiger partial charge in [0, 0.05) is 17.3 Å². The molecular formula is C12H11ClN2O. The summed E-state index contributed by atoms with van der Waals surface area (Å²) in [5, 5.41) is 9.55. The summed E-state index contributed by atoms with van der Waals surface area (Å²) in [5.74, 6) is -0.433. The number of halogens is 1. The third-order valence-electron chi connectivity index (χ3n) is 2.94. The minimum Gasteiger partial charge on any atom is -0.311 e. The number of nitrogens with zero attached hydrogens (tertiary/aromatic N) is 2. The number of hydrogen-bond acceptors (Lipinski definition) is 2. The van der Waals surface area contributed by atoms with Gasteiger partial charge in [-0.15, -0.1) is 0 Å². The van der Waals surface area contributed by atoms with Gasteiger partial charge in [-0.05, 0) is 24.3 Å². The highest BCUT2D eigenvalue weighted by atomic mass is 35.5. The maximum Gasteiger partial charge on any atom is 0.231 e. The van der Waals surface area contributed by atoms with E-state index in [-0.39, 0.29) is 17.7 Å². The van der Waals surface area contributed by atoms with E-state index >= 15 is 0 Å². The lowest BCUT2D eigenvalue weighted by atomic mass is 10.00. The topological polar surface area (TPSA) is 44.1 Å². The van der Waals surface area contributed by atoms with Crippen LogP contribution >= 0.6 is 11.6 Å². The lowest BCUT2D eigenvalue weighted by molar-refractivity contribution is -0.120. The molecule has 2 atom stereocenters. The summed E-state index contributed by atoms with van der Waals surface area (Å²) in [6, 6.07) is 9.25. The molecule has 1 aliphatic rings. The van der Waals surface area contributed by atoms with Crippen molar-refractivity contribution in [3.05, 3.63) is 29.3 Å². The van der Waals surface area contributed by atoms with Crippen molar-refractivity contribution in [1.82, 2.24) is 0 Å². The molecule has 4 heteroatoms. The van der Waals surface area contributed by atoms with Crippen molar-refractivity contribution in [3.8, 4) is 6.07 Å². The van der Waals surface area contributed by atoms with E-state index in [0.717, 1.165) is 5.69 Å². The molecule has 0 saturated carbocycles. The molecule has 16 heavy (non-hydrogen) atoms. The molecule has 3 nitrogen and oxygen atoms in total. The molecule has 82 valence electrons. The zero-order chi connectivity index (χ0) is 11.7. The predicted octanol–water partition coefficient (Wildman–Crippen LogP) is 2.46. The lowest BCUT2D eigenvalue weighted by Crippen LogP contribution is -2.25. The fourth-order valence-electron chi connectivity index (χ4n) is 1.87. The molecule has 0 spiro atoms. The van der Waals surface area contributed by atoms with Crippen molar-refractivity contribution >= 4 is 23.2 Å². The van der Waals surface area contributed by atoms with Crippen molar-refractivity contribution in [3.63, 3.8) is 0 Å². The standard InChI is InChI=1S/C12H11ClN2O/c1-8-9(6-14)7-15(12(8)16)11-4-2-10(13)3-5-11/h2-5,8-9H,7H2,1H3. The van der Waals surface area contributed by atoms with Crippen LogP contribution in [0.3, 0.4) is 0 Å². The van der Waals surface area contributed by atoms with Crippen molar-refractivity contribution in [2.24, 2.45) is 11.8 Å². The highest BCUT2D eigenvalue weighted by molar-refractivity contribution is 6.30. The Morgan fingerprint density at radius 3 is 2.56 bits per heavy atom. The lowest BCUT2D eigenvalue weighted by Gasteiger charge is -2.15. The molecular weight excluding hydrogens is 224 g/mol. The molecule has 1 amide bonds. The van der Waals surface area contributed by atoms with Gasteiger partial charge in [0.1, 0.15) is 0 Å². The van der Waals surface area contributed by atoms with Gasteiger partial charge >= 0.3 is 0 Å². The van der Waals surface area contributed by atoms with E-state index in [1.807, 2.05) is 0 Å². The van der Waals surface area contributed by atoms with Gasteiger partial charge in [0.05, 0.1) is 17.9 Å². The second-order valence-corrected chi connectivity index (χ2v) is 4.39. The Balaban J connectivity index is 2.27. The fourth-order valence-corrected chi connectivity index (χ4v) is 1.99. The predicted molar refractivity (Wildman–Crippen MR) is 62.1 cm³/mol. The minimum absolute atomic E-state index is 0.00822. The number of nitriles is 1. The number of carbonyl (C=O) groups is 1. The first-order valence-corrected chi connectivity index (χ1v) is 5.48. The number of carbonyl (C=O) groups excluding carboxylic acids is 1. The second kappa shape index (κ2) is 4.15. The van der Waals surface area contributed by atoms with Crippen LogP contribution in [0.4, 0.5) is 5.69 Å². The zero-order valence-corrected chi connectivity index (χ0v) is 9.61. The van der Waals surface area contributed by atoms with Gasteiger partial charge in [-0.1, -0.05) is 18.5 Å². The Kier molecular flexibility index (Phi) is 2.84. The van der Waals surface area contributed by atoms with Crippen LogP contribution in [0.2, 0.25) is 5.02 Å². The Morgan fingerprint density at radius 1 is 1.44 bits per heavy atom. The summed E-state index contributed by atoms with van der Waals surface area (Å²) in [7, 11) is 0. The Bertz CT molecular complexity index is 449. The quantitative estimate of drug-likeness (QED) is 0.749. The van der Waals surface area contributed by atoms with Crippen molar-refractivity contribution in [2.75, 3.05) is 11.4 Å². The molecule has 0 aliphatic carbocycles. The molecule has 2 unspecified atom stereocenters. The number of benzene rings is 1. The van der Waals surface area contributed by atoms with Crippen LogP contribution < -0.4 is 4.90 Å². The van der Waals surface area contributed by atoms with E-state index < -0.39 is 0 Å². The number of amides is 1. The van der Waals surface area contributed by atoms with E-state index in [1.54, 1.807) is 36.1 Å². The van der Waals surface area contributed by atoms with Crippen molar-refractivity contribution in [1.29, 1.82) is 5.26 Å². The maximum absolute atomic E-state index is 11.9. The van der Waals surface area contributed by atoms with Gasteiger partial charge in [-0.25, -0.2) is 0 Å².